The summed E-state index contributed by atoms with van der Waals surface area (Å²) in [5, 5.41) is 0. The fourth-order valence-electron chi connectivity index (χ4n) is 3.11. The van der Waals surface area contributed by atoms with Crippen LogP contribution in [0.3, 0.4) is 0 Å². The first-order valence-electron chi connectivity index (χ1n) is 8.78. The molecule has 6 heteroatoms. The van der Waals surface area contributed by atoms with Crippen molar-refractivity contribution in [3.05, 3.63) is 54.0 Å². The summed E-state index contributed by atoms with van der Waals surface area (Å²) in [6, 6.07) is 11.4. The molecule has 0 saturated carbocycles. The predicted octanol–water partition coefficient (Wildman–Crippen LogP) is 2.47. The van der Waals surface area contributed by atoms with Crippen LogP contribution in [0.5, 0.6) is 5.75 Å². The molecule has 0 spiro atoms. The van der Waals surface area contributed by atoms with E-state index in [4.69, 9.17) is 9.15 Å². The molecule has 3 rings (SSSR count). The Kier molecular flexibility index (Phi) is 5.61. The molecular formula is C20H24N2O4. The van der Waals surface area contributed by atoms with Gasteiger partial charge in [-0.05, 0) is 30.7 Å². The van der Waals surface area contributed by atoms with E-state index in [0.29, 0.717) is 26.2 Å². The molecule has 1 aromatic heterocycles. The highest BCUT2D eigenvalue weighted by Crippen LogP contribution is 2.22. The van der Waals surface area contributed by atoms with E-state index in [2.05, 4.69) is 0 Å². The van der Waals surface area contributed by atoms with E-state index in [1.807, 2.05) is 37.3 Å². The Balaban J connectivity index is 1.47. The standard InChI is InChI=1S/C20H24N2O4/c1-15-6-3-4-8-18(15)26-11-9-21(2)20(24)16-12-19(23)22(13-16)14-17-7-5-10-25-17/h3-8,10,16H,9,11-14H2,1-2H3. The normalized spacial score (nSPS) is 16.8. The average molecular weight is 356 g/mol. The summed E-state index contributed by atoms with van der Waals surface area (Å²) in [5.41, 5.74) is 1.07. The third kappa shape index (κ3) is 4.25. The first kappa shape index (κ1) is 18.0. The number of rotatable bonds is 7. The summed E-state index contributed by atoms with van der Waals surface area (Å²) < 4.78 is 11.0. The maximum Gasteiger partial charge on any atom is 0.227 e. The zero-order valence-corrected chi connectivity index (χ0v) is 15.2. The monoisotopic (exact) mass is 356 g/mol. The van der Waals surface area contributed by atoms with Crippen LogP contribution < -0.4 is 4.74 Å². The summed E-state index contributed by atoms with van der Waals surface area (Å²) in [6.07, 6.45) is 1.84. The van der Waals surface area contributed by atoms with Crippen LogP contribution in [-0.2, 0) is 16.1 Å². The molecule has 1 atom stereocenters. The number of para-hydroxylation sites is 1. The van der Waals surface area contributed by atoms with Crippen molar-refractivity contribution in [2.75, 3.05) is 26.7 Å². The Labute approximate surface area is 153 Å². The van der Waals surface area contributed by atoms with E-state index in [1.165, 1.54) is 0 Å². The van der Waals surface area contributed by atoms with Crippen LogP contribution in [0.2, 0.25) is 0 Å². The Morgan fingerprint density at radius 3 is 2.85 bits per heavy atom. The van der Waals surface area contributed by atoms with Gasteiger partial charge in [0.1, 0.15) is 18.1 Å². The molecule has 1 unspecified atom stereocenters. The molecule has 6 nitrogen and oxygen atoms in total. The quantitative estimate of drug-likeness (QED) is 0.765. The van der Waals surface area contributed by atoms with Gasteiger partial charge in [-0.3, -0.25) is 9.59 Å². The second kappa shape index (κ2) is 8.08. The number of hydrogen-bond acceptors (Lipinski definition) is 4. The molecule has 138 valence electrons. The van der Waals surface area contributed by atoms with Gasteiger partial charge in [0.25, 0.3) is 0 Å². The molecule has 1 aliphatic rings. The summed E-state index contributed by atoms with van der Waals surface area (Å²) >= 11 is 0. The van der Waals surface area contributed by atoms with Crippen LogP contribution in [0.15, 0.2) is 47.1 Å². The molecule has 2 aromatic rings. The van der Waals surface area contributed by atoms with E-state index < -0.39 is 0 Å². The number of amides is 2. The van der Waals surface area contributed by atoms with Crippen LogP contribution >= 0.6 is 0 Å². The van der Waals surface area contributed by atoms with Crippen LogP contribution in [0.25, 0.3) is 0 Å². The Hall–Kier alpha value is -2.76. The van der Waals surface area contributed by atoms with Gasteiger partial charge >= 0.3 is 0 Å². The lowest BCUT2D eigenvalue weighted by Crippen LogP contribution is -2.37. The van der Waals surface area contributed by atoms with E-state index in [9.17, 15) is 9.59 Å². The Morgan fingerprint density at radius 2 is 2.12 bits per heavy atom. The maximum atomic E-state index is 12.6. The lowest BCUT2D eigenvalue weighted by molar-refractivity contribution is -0.134. The highest BCUT2D eigenvalue weighted by atomic mass is 16.5. The zero-order chi connectivity index (χ0) is 18.5. The van der Waals surface area contributed by atoms with E-state index >= 15 is 0 Å². The van der Waals surface area contributed by atoms with Gasteiger partial charge in [-0.25, -0.2) is 0 Å². The van der Waals surface area contributed by atoms with Crippen LogP contribution in [0.4, 0.5) is 0 Å². The second-order valence-corrected chi connectivity index (χ2v) is 6.63. The van der Waals surface area contributed by atoms with Crippen LogP contribution in [0.1, 0.15) is 17.7 Å². The van der Waals surface area contributed by atoms with Crippen LogP contribution in [0, 0.1) is 12.8 Å². The van der Waals surface area contributed by atoms with Crippen molar-refractivity contribution in [3.63, 3.8) is 0 Å². The SMILES string of the molecule is Cc1ccccc1OCCN(C)C(=O)C1CC(=O)N(Cc2ccco2)C1. The molecule has 1 saturated heterocycles. The highest BCUT2D eigenvalue weighted by Gasteiger charge is 2.35. The van der Waals surface area contributed by atoms with Gasteiger partial charge in [-0.15, -0.1) is 0 Å². The number of hydrogen-bond donors (Lipinski definition) is 0. The molecule has 1 aliphatic heterocycles. The summed E-state index contributed by atoms with van der Waals surface area (Å²) in [6.45, 7) is 3.74. The topological polar surface area (TPSA) is 63.0 Å². The molecule has 2 amide bonds. The number of likely N-dealkylation sites (N-methyl/N-ethyl adjacent to an activating group) is 1. The number of aryl methyl sites for hydroxylation is 1. The number of benzene rings is 1. The van der Waals surface area contributed by atoms with Crippen molar-refractivity contribution in [2.45, 2.75) is 19.9 Å². The third-order valence-electron chi connectivity index (χ3n) is 4.64. The smallest absolute Gasteiger partial charge is 0.227 e. The number of carbonyl (C=O) groups is 2. The molecule has 2 heterocycles. The van der Waals surface area contributed by atoms with Gasteiger partial charge in [0, 0.05) is 20.0 Å². The highest BCUT2D eigenvalue weighted by molar-refractivity contribution is 5.89. The third-order valence-corrected chi connectivity index (χ3v) is 4.64. The van der Waals surface area contributed by atoms with Crippen LogP contribution in [-0.4, -0.2) is 48.4 Å². The molecule has 0 bridgehead atoms. The van der Waals surface area contributed by atoms with Crippen molar-refractivity contribution in [3.8, 4) is 5.75 Å². The first-order chi connectivity index (χ1) is 12.5. The molecule has 26 heavy (non-hydrogen) atoms. The largest absolute Gasteiger partial charge is 0.491 e. The van der Waals surface area contributed by atoms with E-state index in [-0.39, 0.29) is 24.2 Å². The minimum atomic E-state index is -0.305. The number of nitrogens with zero attached hydrogens (tertiary/aromatic N) is 2. The van der Waals surface area contributed by atoms with Gasteiger partial charge in [0.2, 0.25) is 11.8 Å². The number of furan rings is 1. The molecular weight excluding hydrogens is 332 g/mol. The predicted molar refractivity (Wildman–Crippen MR) is 96.5 cm³/mol. The van der Waals surface area contributed by atoms with Crippen molar-refractivity contribution >= 4 is 11.8 Å². The van der Waals surface area contributed by atoms with Gasteiger partial charge < -0.3 is 19.0 Å². The Morgan fingerprint density at radius 1 is 1.31 bits per heavy atom. The Bertz CT molecular complexity index is 757. The lowest BCUT2D eigenvalue weighted by atomic mass is 10.1. The lowest BCUT2D eigenvalue weighted by Gasteiger charge is -2.21. The minimum Gasteiger partial charge on any atom is -0.491 e. The summed E-state index contributed by atoms with van der Waals surface area (Å²) in [4.78, 5) is 28.1. The summed E-state index contributed by atoms with van der Waals surface area (Å²) in [7, 11) is 1.75. The van der Waals surface area contributed by atoms with Crippen molar-refractivity contribution in [1.82, 2.24) is 9.80 Å². The summed E-state index contributed by atoms with van der Waals surface area (Å²) in [5.74, 6) is 1.22. The first-order valence-corrected chi connectivity index (χ1v) is 8.78. The van der Waals surface area contributed by atoms with Gasteiger partial charge in [0.05, 0.1) is 25.3 Å². The van der Waals surface area contributed by atoms with E-state index in [0.717, 1.165) is 17.1 Å². The zero-order valence-electron chi connectivity index (χ0n) is 15.2. The van der Waals surface area contributed by atoms with Crippen molar-refractivity contribution in [2.24, 2.45) is 5.92 Å². The average Bonchev–Trinajstić information content (AvgIpc) is 3.26. The molecule has 1 aromatic carbocycles. The fourth-order valence-corrected chi connectivity index (χ4v) is 3.11. The van der Waals surface area contributed by atoms with Gasteiger partial charge in [-0.1, -0.05) is 18.2 Å². The molecule has 1 fully saturated rings. The number of likely N-dealkylation sites (tertiary alicyclic amines) is 1. The minimum absolute atomic E-state index is 0.00990. The molecule has 0 N–H and O–H groups in total. The van der Waals surface area contributed by atoms with Crippen molar-refractivity contribution < 1.29 is 18.7 Å². The maximum absolute atomic E-state index is 12.6. The fraction of sp³-hybridized carbons (Fsp3) is 0.400. The number of carbonyl (C=O) groups excluding carboxylic acids is 2. The van der Waals surface area contributed by atoms with Crippen molar-refractivity contribution in [1.29, 1.82) is 0 Å². The second-order valence-electron chi connectivity index (χ2n) is 6.63. The molecule has 0 aliphatic carbocycles. The molecule has 0 radical (unpaired) electrons. The van der Waals surface area contributed by atoms with Gasteiger partial charge in [-0.2, -0.15) is 0 Å². The number of ether oxygens (including phenoxy) is 1. The van der Waals surface area contributed by atoms with Gasteiger partial charge in [0.15, 0.2) is 0 Å². The van der Waals surface area contributed by atoms with E-state index in [1.54, 1.807) is 29.2 Å².